The van der Waals surface area contributed by atoms with Gasteiger partial charge in [-0.3, -0.25) is 14.8 Å². The van der Waals surface area contributed by atoms with Gasteiger partial charge in [-0.2, -0.15) is 10.4 Å². The molecule has 2 N–H and O–H groups in total. The first kappa shape index (κ1) is 26.5. The molecule has 11 nitrogen and oxygen atoms in total. The first-order chi connectivity index (χ1) is 20.5. The Morgan fingerprint density at radius 1 is 1.19 bits per heavy atom. The topological polar surface area (TPSA) is 138 Å². The van der Waals surface area contributed by atoms with Crippen LogP contribution in [0.15, 0.2) is 66.4 Å². The average Bonchev–Trinajstić information content (AvgIpc) is 3.45. The third-order valence-electron chi connectivity index (χ3n) is 7.59. The van der Waals surface area contributed by atoms with Crippen LogP contribution in [0.2, 0.25) is 0 Å². The van der Waals surface area contributed by atoms with Crippen molar-refractivity contribution in [2.75, 3.05) is 32.1 Å². The maximum atomic E-state index is 12.9. The summed E-state index contributed by atoms with van der Waals surface area (Å²) >= 11 is 0. The number of amides is 1. The SMILES string of the molecule is CN=CC(=CN)c1cc(-c2ccc(N3CC4CC(C3)N4C(=O)C#Cc3cncc(OC)c3)nc2)c2c(C#N)cnn2c1. The highest BCUT2D eigenvalue weighted by Gasteiger charge is 2.47. The van der Waals surface area contributed by atoms with E-state index >= 15 is 0 Å². The van der Waals surface area contributed by atoms with Crippen LogP contribution in [-0.4, -0.2) is 75.9 Å². The fourth-order valence-corrected chi connectivity index (χ4v) is 5.58. The van der Waals surface area contributed by atoms with Crippen molar-refractivity contribution in [3.63, 3.8) is 0 Å². The summed E-state index contributed by atoms with van der Waals surface area (Å²) in [6, 6.07) is 10.1. The molecule has 4 aromatic rings. The van der Waals surface area contributed by atoms with Crippen molar-refractivity contribution in [2.45, 2.75) is 18.5 Å². The lowest BCUT2D eigenvalue weighted by molar-refractivity contribution is -0.139. The third kappa shape index (κ3) is 4.78. The maximum Gasteiger partial charge on any atom is 0.299 e. The van der Waals surface area contributed by atoms with E-state index in [1.165, 1.54) is 6.20 Å². The number of aromatic nitrogens is 4. The molecule has 0 saturated carbocycles. The second kappa shape index (κ2) is 11.1. The molecule has 4 aromatic heterocycles. The number of anilines is 1. The van der Waals surface area contributed by atoms with Gasteiger partial charge in [-0.05, 0) is 30.7 Å². The number of fused-ring (bicyclic) bond motifs is 3. The van der Waals surface area contributed by atoms with Crippen LogP contribution in [0.5, 0.6) is 5.75 Å². The largest absolute Gasteiger partial charge is 0.495 e. The number of piperidine rings is 1. The fourth-order valence-electron chi connectivity index (χ4n) is 5.58. The van der Waals surface area contributed by atoms with Crippen LogP contribution in [-0.2, 0) is 4.79 Å². The fraction of sp³-hybridized carbons (Fsp3) is 0.226. The summed E-state index contributed by atoms with van der Waals surface area (Å²) in [6.45, 7) is 1.36. The summed E-state index contributed by atoms with van der Waals surface area (Å²) in [4.78, 5) is 29.9. The number of ether oxygens (including phenoxy) is 1. The molecule has 42 heavy (non-hydrogen) atoms. The zero-order chi connectivity index (χ0) is 29.2. The minimum absolute atomic E-state index is 0.0819. The number of nitrogens with zero attached hydrogens (tertiary/aromatic N) is 8. The van der Waals surface area contributed by atoms with Gasteiger partial charge in [0.15, 0.2) is 0 Å². The predicted molar refractivity (Wildman–Crippen MR) is 159 cm³/mol. The van der Waals surface area contributed by atoms with E-state index in [2.05, 4.69) is 37.9 Å². The molecule has 2 atom stereocenters. The van der Waals surface area contributed by atoms with E-state index in [1.807, 2.05) is 29.3 Å². The molecule has 2 bridgehead atoms. The molecule has 0 radical (unpaired) electrons. The number of hydrogen-bond donors (Lipinski definition) is 1. The second-order valence-corrected chi connectivity index (χ2v) is 10.0. The van der Waals surface area contributed by atoms with Gasteiger partial charge in [0.05, 0.1) is 42.7 Å². The van der Waals surface area contributed by atoms with E-state index in [0.717, 1.165) is 34.5 Å². The molecule has 1 amide bonds. The van der Waals surface area contributed by atoms with Crippen LogP contribution in [0.3, 0.4) is 0 Å². The lowest BCUT2D eigenvalue weighted by atomic mass is 9.87. The summed E-state index contributed by atoms with van der Waals surface area (Å²) in [6.07, 6.45) is 12.5. The first-order valence-electron chi connectivity index (χ1n) is 13.3. The van der Waals surface area contributed by atoms with E-state index in [1.54, 1.807) is 55.7 Å². The van der Waals surface area contributed by atoms with Crippen molar-refractivity contribution in [3.05, 3.63) is 78.1 Å². The number of hydrogen-bond acceptors (Lipinski definition) is 9. The second-order valence-electron chi connectivity index (χ2n) is 10.0. The molecule has 208 valence electrons. The lowest BCUT2D eigenvalue weighted by Crippen LogP contribution is -2.70. The zero-order valence-electron chi connectivity index (χ0n) is 23.1. The molecule has 0 aliphatic carbocycles. The lowest BCUT2D eigenvalue weighted by Gasteiger charge is -2.55. The monoisotopic (exact) mass is 557 g/mol. The molecule has 3 aliphatic rings. The van der Waals surface area contributed by atoms with E-state index in [-0.39, 0.29) is 18.0 Å². The molecule has 7 heterocycles. The summed E-state index contributed by atoms with van der Waals surface area (Å²) in [5.41, 5.74) is 10.9. The molecular weight excluding hydrogens is 530 g/mol. The standard InChI is InChI=1S/C31H27N9O2/c1-34-13-23(10-32)22-8-28(31-24(11-33)15-37-39(31)17-22)21-4-5-29(36-14-21)38-18-25-9-26(19-38)40(25)30(41)6-3-20-7-27(42-2)16-35-12-20/h4-5,7-8,10,12-17,25-26H,9,18-19,32H2,1-2H3. The molecular formula is C31H27N9O2. The van der Waals surface area contributed by atoms with Gasteiger partial charge in [-0.25, -0.2) is 9.50 Å². The van der Waals surface area contributed by atoms with Gasteiger partial charge in [0.25, 0.3) is 5.91 Å². The Labute approximate surface area is 242 Å². The van der Waals surface area contributed by atoms with E-state index in [0.29, 0.717) is 35.5 Å². The molecule has 3 aliphatic heterocycles. The Hall–Kier alpha value is -5.68. The minimum atomic E-state index is -0.181. The van der Waals surface area contributed by atoms with Crippen molar-refractivity contribution in [1.82, 2.24) is 24.5 Å². The Kier molecular flexibility index (Phi) is 6.99. The smallest absolute Gasteiger partial charge is 0.299 e. The Morgan fingerprint density at radius 3 is 2.71 bits per heavy atom. The van der Waals surface area contributed by atoms with Gasteiger partial charge in [0.1, 0.15) is 17.6 Å². The molecule has 7 rings (SSSR count). The Bertz CT molecular complexity index is 1830. The van der Waals surface area contributed by atoms with E-state index in [4.69, 9.17) is 15.5 Å². The number of pyridine rings is 3. The number of methoxy groups -OCH3 is 1. The molecule has 0 spiro atoms. The van der Waals surface area contributed by atoms with Crippen molar-refractivity contribution < 1.29 is 9.53 Å². The van der Waals surface area contributed by atoms with Gasteiger partial charge in [-0.15, -0.1) is 0 Å². The van der Waals surface area contributed by atoms with E-state index < -0.39 is 0 Å². The number of allylic oxidation sites excluding steroid dienone is 1. The van der Waals surface area contributed by atoms with Crippen molar-refractivity contribution in [2.24, 2.45) is 10.7 Å². The van der Waals surface area contributed by atoms with Crippen LogP contribution in [0.1, 0.15) is 23.1 Å². The third-order valence-corrected chi connectivity index (χ3v) is 7.59. The van der Waals surface area contributed by atoms with Gasteiger partial charge in [-0.1, -0.05) is 5.92 Å². The predicted octanol–water partition coefficient (Wildman–Crippen LogP) is 2.51. The number of nitriles is 1. The number of carbonyl (C=O) groups excluding carboxylic acids is 1. The molecule has 3 fully saturated rings. The zero-order valence-corrected chi connectivity index (χ0v) is 23.1. The normalized spacial score (nSPS) is 17.9. The molecule has 2 unspecified atom stereocenters. The van der Waals surface area contributed by atoms with Crippen molar-refractivity contribution in [1.29, 1.82) is 5.26 Å². The van der Waals surface area contributed by atoms with Crippen LogP contribution in [0.4, 0.5) is 5.82 Å². The number of aliphatic imine (C=N–C) groups is 1. The van der Waals surface area contributed by atoms with Gasteiger partial charge in [0.2, 0.25) is 0 Å². The van der Waals surface area contributed by atoms with Gasteiger partial charge in [0, 0.05) is 84.9 Å². The Morgan fingerprint density at radius 2 is 2.02 bits per heavy atom. The van der Waals surface area contributed by atoms with Gasteiger partial charge < -0.3 is 20.3 Å². The minimum Gasteiger partial charge on any atom is -0.495 e. The number of piperazine rings is 1. The number of carbonyl (C=O) groups is 1. The molecule has 11 heteroatoms. The highest BCUT2D eigenvalue weighted by atomic mass is 16.5. The van der Waals surface area contributed by atoms with Crippen LogP contribution in [0.25, 0.3) is 22.2 Å². The first-order valence-corrected chi connectivity index (χ1v) is 13.3. The van der Waals surface area contributed by atoms with E-state index in [9.17, 15) is 10.1 Å². The Balaban J connectivity index is 1.21. The number of nitrogens with two attached hydrogens (primary N) is 1. The highest BCUT2D eigenvalue weighted by Crippen LogP contribution is 2.35. The van der Waals surface area contributed by atoms with Crippen LogP contribution in [0, 0.1) is 23.2 Å². The quantitative estimate of drug-likeness (QED) is 0.292. The van der Waals surface area contributed by atoms with Crippen molar-refractivity contribution in [3.8, 4) is 34.8 Å². The summed E-state index contributed by atoms with van der Waals surface area (Å²) in [5.74, 6) is 6.92. The van der Waals surface area contributed by atoms with Crippen molar-refractivity contribution >= 4 is 29.0 Å². The van der Waals surface area contributed by atoms with Crippen LogP contribution >= 0.6 is 0 Å². The maximum absolute atomic E-state index is 12.9. The van der Waals surface area contributed by atoms with Gasteiger partial charge >= 0.3 is 0 Å². The summed E-state index contributed by atoms with van der Waals surface area (Å²) < 4.78 is 6.86. The highest BCUT2D eigenvalue weighted by molar-refractivity contribution is 6.10. The average molecular weight is 558 g/mol. The van der Waals surface area contributed by atoms with Crippen LogP contribution < -0.4 is 15.4 Å². The molecule has 3 saturated heterocycles. The summed E-state index contributed by atoms with van der Waals surface area (Å²) in [5, 5.41) is 14.1. The summed E-state index contributed by atoms with van der Waals surface area (Å²) in [7, 11) is 3.25. The number of rotatable bonds is 5. The molecule has 0 aromatic carbocycles.